The number of thioether (sulfide) groups is 1. The molecular weight excluding hydrogens is 365 g/mol. The van der Waals surface area contributed by atoms with Gasteiger partial charge < -0.3 is 14.8 Å². The van der Waals surface area contributed by atoms with Crippen LogP contribution in [0.1, 0.15) is 5.56 Å². The number of rotatable bonds is 9. The normalized spacial score (nSPS) is 10.4. The van der Waals surface area contributed by atoms with E-state index in [-0.39, 0.29) is 18.3 Å². The number of halogens is 2. The van der Waals surface area contributed by atoms with Crippen molar-refractivity contribution in [1.82, 2.24) is 5.32 Å². The Morgan fingerprint density at radius 1 is 1.20 bits per heavy atom. The van der Waals surface area contributed by atoms with Crippen LogP contribution < -0.4 is 14.8 Å². The average Bonchev–Trinajstić information content (AvgIpc) is 2.62. The molecule has 0 bridgehead atoms. The zero-order chi connectivity index (χ0) is 18.1. The van der Waals surface area contributed by atoms with Crippen molar-refractivity contribution >= 4 is 29.3 Å². The van der Waals surface area contributed by atoms with Gasteiger partial charge in [-0.25, -0.2) is 4.39 Å². The minimum atomic E-state index is -0.311. The van der Waals surface area contributed by atoms with Crippen molar-refractivity contribution in [2.24, 2.45) is 0 Å². The second-order valence-electron chi connectivity index (χ2n) is 5.04. The summed E-state index contributed by atoms with van der Waals surface area (Å²) < 4.78 is 24.2. The van der Waals surface area contributed by atoms with Gasteiger partial charge in [0.05, 0.1) is 7.11 Å². The van der Waals surface area contributed by atoms with E-state index in [2.05, 4.69) is 5.32 Å². The van der Waals surface area contributed by atoms with Gasteiger partial charge in [-0.3, -0.25) is 4.79 Å². The van der Waals surface area contributed by atoms with Crippen LogP contribution in [0.5, 0.6) is 11.5 Å². The summed E-state index contributed by atoms with van der Waals surface area (Å²) in [7, 11) is 1.54. The molecule has 0 unspecified atom stereocenters. The molecule has 0 saturated carbocycles. The highest BCUT2D eigenvalue weighted by molar-refractivity contribution is 7.98. The number of benzene rings is 2. The van der Waals surface area contributed by atoms with E-state index in [4.69, 9.17) is 21.1 Å². The SMILES string of the molecule is COc1ccccc1OCC(=O)NCCSCc1c(F)cccc1Cl. The first-order chi connectivity index (χ1) is 12.1. The topological polar surface area (TPSA) is 47.6 Å². The minimum Gasteiger partial charge on any atom is -0.493 e. The van der Waals surface area contributed by atoms with Crippen LogP contribution in [-0.2, 0) is 10.5 Å². The molecule has 0 aliphatic rings. The van der Waals surface area contributed by atoms with Gasteiger partial charge in [0.25, 0.3) is 5.91 Å². The van der Waals surface area contributed by atoms with Crippen molar-refractivity contribution in [2.45, 2.75) is 5.75 Å². The molecule has 4 nitrogen and oxygen atoms in total. The van der Waals surface area contributed by atoms with Crippen LogP contribution in [0.2, 0.25) is 5.02 Å². The number of carbonyl (C=O) groups is 1. The van der Waals surface area contributed by atoms with Crippen LogP contribution in [0.4, 0.5) is 4.39 Å². The summed E-state index contributed by atoms with van der Waals surface area (Å²) in [5.41, 5.74) is 0.486. The van der Waals surface area contributed by atoms with E-state index in [0.29, 0.717) is 40.1 Å². The molecule has 2 rings (SSSR count). The summed E-state index contributed by atoms with van der Waals surface area (Å²) in [5, 5.41) is 3.17. The Morgan fingerprint density at radius 2 is 1.96 bits per heavy atom. The second-order valence-corrected chi connectivity index (χ2v) is 6.55. The van der Waals surface area contributed by atoms with Crippen LogP contribution in [0.3, 0.4) is 0 Å². The first-order valence-corrected chi connectivity index (χ1v) is 9.18. The number of methoxy groups -OCH3 is 1. The van der Waals surface area contributed by atoms with E-state index in [1.807, 2.05) is 6.07 Å². The van der Waals surface area contributed by atoms with Crippen molar-refractivity contribution in [3.63, 3.8) is 0 Å². The Hall–Kier alpha value is -1.92. The van der Waals surface area contributed by atoms with Crippen molar-refractivity contribution in [2.75, 3.05) is 26.0 Å². The summed E-state index contributed by atoms with van der Waals surface area (Å²) >= 11 is 7.46. The third kappa shape index (κ3) is 6.14. The Balaban J connectivity index is 1.66. The van der Waals surface area contributed by atoms with E-state index in [9.17, 15) is 9.18 Å². The first-order valence-electron chi connectivity index (χ1n) is 7.65. The lowest BCUT2D eigenvalue weighted by molar-refractivity contribution is -0.122. The maximum atomic E-state index is 13.6. The smallest absolute Gasteiger partial charge is 0.257 e. The lowest BCUT2D eigenvalue weighted by Gasteiger charge is -2.10. The summed E-state index contributed by atoms with van der Waals surface area (Å²) in [6.45, 7) is 0.370. The molecule has 1 N–H and O–H groups in total. The highest BCUT2D eigenvalue weighted by Crippen LogP contribution is 2.25. The van der Waals surface area contributed by atoms with Gasteiger partial charge in [-0.15, -0.1) is 0 Å². The zero-order valence-corrected chi connectivity index (χ0v) is 15.3. The van der Waals surface area contributed by atoms with Gasteiger partial charge in [0.1, 0.15) is 5.82 Å². The van der Waals surface area contributed by atoms with E-state index < -0.39 is 0 Å². The number of hydrogen-bond acceptors (Lipinski definition) is 4. The first kappa shape index (κ1) is 19.4. The van der Waals surface area contributed by atoms with E-state index in [1.165, 1.54) is 17.8 Å². The Kier molecular flexibility index (Phi) is 7.88. The molecule has 0 aliphatic carbocycles. The number of ether oxygens (including phenoxy) is 2. The van der Waals surface area contributed by atoms with E-state index in [0.717, 1.165) is 0 Å². The number of hydrogen-bond donors (Lipinski definition) is 1. The number of para-hydroxylation sites is 2. The Bertz CT molecular complexity index is 694. The number of nitrogens with one attached hydrogen (secondary N) is 1. The molecule has 1 amide bonds. The van der Waals surface area contributed by atoms with Gasteiger partial charge in [-0.1, -0.05) is 29.8 Å². The summed E-state index contributed by atoms with van der Waals surface area (Å²) in [6, 6.07) is 11.8. The molecule has 0 saturated heterocycles. The molecule has 0 spiro atoms. The van der Waals surface area contributed by atoms with Crippen LogP contribution in [-0.4, -0.2) is 31.9 Å². The Labute approximate surface area is 155 Å². The van der Waals surface area contributed by atoms with Gasteiger partial charge in [0.15, 0.2) is 18.1 Å². The van der Waals surface area contributed by atoms with Crippen molar-refractivity contribution < 1.29 is 18.7 Å². The molecule has 25 heavy (non-hydrogen) atoms. The standard InChI is InChI=1S/C18H19ClFNO3S/c1-23-16-7-2-3-8-17(16)24-11-18(22)21-9-10-25-12-13-14(19)5-4-6-15(13)20/h2-8H,9-12H2,1H3,(H,21,22). The summed E-state index contributed by atoms with van der Waals surface area (Å²) in [5.74, 6) is 1.66. The fourth-order valence-corrected chi connectivity index (χ4v) is 3.24. The zero-order valence-electron chi connectivity index (χ0n) is 13.8. The molecule has 2 aromatic rings. The highest BCUT2D eigenvalue weighted by atomic mass is 35.5. The van der Waals surface area contributed by atoms with Crippen LogP contribution in [0.25, 0.3) is 0 Å². The summed E-state index contributed by atoms with van der Waals surface area (Å²) in [6.07, 6.45) is 0. The molecule has 2 aromatic carbocycles. The average molecular weight is 384 g/mol. The van der Waals surface area contributed by atoms with Gasteiger partial charge in [0.2, 0.25) is 0 Å². The van der Waals surface area contributed by atoms with Gasteiger partial charge >= 0.3 is 0 Å². The molecule has 0 atom stereocenters. The van der Waals surface area contributed by atoms with E-state index >= 15 is 0 Å². The molecular formula is C18H19ClFNO3S. The summed E-state index contributed by atoms with van der Waals surface area (Å²) in [4.78, 5) is 11.8. The van der Waals surface area contributed by atoms with Crippen LogP contribution >= 0.6 is 23.4 Å². The van der Waals surface area contributed by atoms with Crippen LogP contribution in [0.15, 0.2) is 42.5 Å². The maximum Gasteiger partial charge on any atom is 0.257 e. The third-order valence-corrected chi connectivity index (χ3v) is 4.64. The monoisotopic (exact) mass is 383 g/mol. The molecule has 0 aromatic heterocycles. The maximum absolute atomic E-state index is 13.6. The molecule has 0 heterocycles. The minimum absolute atomic E-state index is 0.0931. The third-order valence-electron chi connectivity index (χ3n) is 3.30. The number of amides is 1. The lowest BCUT2D eigenvalue weighted by atomic mass is 10.2. The van der Waals surface area contributed by atoms with Crippen molar-refractivity contribution in [3.05, 3.63) is 58.9 Å². The van der Waals surface area contributed by atoms with Crippen molar-refractivity contribution in [3.8, 4) is 11.5 Å². The fraction of sp³-hybridized carbons (Fsp3) is 0.278. The predicted octanol–water partition coefficient (Wildman–Crippen LogP) is 3.92. The molecule has 0 fully saturated rings. The van der Waals surface area contributed by atoms with Crippen LogP contribution in [0, 0.1) is 5.82 Å². The van der Waals surface area contributed by atoms with Gasteiger partial charge in [-0.2, -0.15) is 11.8 Å². The Morgan fingerprint density at radius 3 is 2.68 bits per heavy atom. The quantitative estimate of drug-likeness (QED) is 0.667. The number of carbonyl (C=O) groups excluding carboxylic acids is 1. The highest BCUT2D eigenvalue weighted by Gasteiger charge is 2.08. The molecule has 0 radical (unpaired) electrons. The molecule has 134 valence electrons. The lowest BCUT2D eigenvalue weighted by Crippen LogP contribution is -2.30. The largest absolute Gasteiger partial charge is 0.493 e. The molecule has 7 heteroatoms. The van der Waals surface area contributed by atoms with E-state index in [1.54, 1.807) is 37.4 Å². The van der Waals surface area contributed by atoms with Gasteiger partial charge in [-0.05, 0) is 24.3 Å². The predicted molar refractivity (Wildman–Crippen MR) is 99.1 cm³/mol. The fourth-order valence-electron chi connectivity index (χ4n) is 2.04. The molecule has 0 aliphatic heterocycles. The van der Waals surface area contributed by atoms with Gasteiger partial charge in [0, 0.05) is 28.6 Å². The second kappa shape index (κ2) is 10.2. The van der Waals surface area contributed by atoms with Crippen molar-refractivity contribution in [1.29, 1.82) is 0 Å².